The first-order valence-electron chi connectivity index (χ1n) is 12.1. The summed E-state index contributed by atoms with van der Waals surface area (Å²) in [7, 11) is 0. The SMILES string of the molecule is Cc1ccc(CN2C(=O)c3nc4ccccc4n3C[C@]2(C)C(=O)NC2CCCCCC2)cc1. The number of hydrogen-bond acceptors (Lipinski definition) is 3. The topological polar surface area (TPSA) is 67.2 Å². The molecule has 6 heteroatoms. The van der Waals surface area contributed by atoms with Crippen molar-refractivity contribution in [2.24, 2.45) is 0 Å². The standard InChI is InChI=1S/C27H32N4O2/c1-19-13-15-20(16-14-19)17-31-25(32)24-29-22-11-7-8-12-23(22)30(24)18-27(31,2)26(33)28-21-9-5-3-4-6-10-21/h7-8,11-16,21H,3-6,9-10,17-18H2,1-2H3,(H,28,33)/t27-/m1/s1. The van der Waals surface area contributed by atoms with Crippen LogP contribution in [0.2, 0.25) is 0 Å². The van der Waals surface area contributed by atoms with Gasteiger partial charge >= 0.3 is 0 Å². The number of rotatable bonds is 4. The summed E-state index contributed by atoms with van der Waals surface area (Å²) in [6, 6.07) is 16.1. The van der Waals surface area contributed by atoms with Crippen LogP contribution in [0.3, 0.4) is 0 Å². The molecule has 2 aliphatic rings. The van der Waals surface area contributed by atoms with Gasteiger partial charge in [-0.15, -0.1) is 0 Å². The normalized spacial score (nSPS) is 21.6. The lowest BCUT2D eigenvalue weighted by Gasteiger charge is -2.44. The van der Waals surface area contributed by atoms with Crippen LogP contribution < -0.4 is 5.32 Å². The molecule has 2 heterocycles. The van der Waals surface area contributed by atoms with Crippen LogP contribution in [0.1, 0.15) is 67.2 Å². The van der Waals surface area contributed by atoms with E-state index in [1.165, 1.54) is 18.4 Å². The maximum absolute atomic E-state index is 13.8. The van der Waals surface area contributed by atoms with Crippen LogP contribution in [0.5, 0.6) is 0 Å². The van der Waals surface area contributed by atoms with E-state index in [4.69, 9.17) is 0 Å². The van der Waals surface area contributed by atoms with E-state index in [1.807, 2.05) is 66.9 Å². The molecule has 1 fully saturated rings. The van der Waals surface area contributed by atoms with Crippen molar-refractivity contribution in [3.8, 4) is 0 Å². The predicted octanol–water partition coefficient (Wildman–Crippen LogP) is 4.60. The number of hydrogen-bond donors (Lipinski definition) is 1. The van der Waals surface area contributed by atoms with Gasteiger partial charge in [0.25, 0.3) is 5.91 Å². The van der Waals surface area contributed by atoms with Crippen molar-refractivity contribution < 1.29 is 9.59 Å². The van der Waals surface area contributed by atoms with Gasteiger partial charge in [0.15, 0.2) is 5.82 Å². The Morgan fingerprint density at radius 1 is 1.06 bits per heavy atom. The van der Waals surface area contributed by atoms with Gasteiger partial charge in [0.05, 0.1) is 17.6 Å². The molecule has 0 bridgehead atoms. The van der Waals surface area contributed by atoms with Crippen LogP contribution in [0.4, 0.5) is 0 Å². The van der Waals surface area contributed by atoms with Gasteiger partial charge in [0, 0.05) is 12.6 Å². The molecule has 0 radical (unpaired) electrons. The van der Waals surface area contributed by atoms with Crippen molar-refractivity contribution in [2.75, 3.05) is 0 Å². The Morgan fingerprint density at radius 3 is 2.48 bits per heavy atom. The summed E-state index contributed by atoms with van der Waals surface area (Å²) in [5, 5.41) is 3.32. The molecule has 1 atom stereocenters. The number of amides is 2. The lowest BCUT2D eigenvalue weighted by atomic mass is 9.93. The molecule has 2 amide bonds. The number of para-hydroxylation sites is 2. The Balaban J connectivity index is 1.53. The van der Waals surface area contributed by atoms with Gasteiger partial charge in [-0.25, -0.2) is 4.98 Å². The monoisotopic (exact) mass is 444 g/mol. The quantitative estimate of drug-likeness (QED) is 0.598. The van der Waals surface area contributed by atoms with Crippen molar-refractivity contribution in [1.29, 1.82) is 0 Å². The second kappa shape index (κ2) is 8.65. The van der Waals surface area contributed by atoms with Gasteiger partial charge in [0.2, 0.25) is 5.91 Å². The molecular weight excluding hydrogens is 412 g/mol. The molecule has 0 unspecified atom stereocenters. The zero-order valence-electron chi connectivity index (χ0n) is 19.5. The average Bonchev–Trinajstić information content (AvgIpc) is 2.98. The van der Waals surface area contributed by atoms with Gasteiger partial charge in [-0.05, 0) is 44.4 Å². The second-order valence-electron chi connectivity index (χ2n) is 9.82. The van der Waals surface area contributed by atoms with Crippen molar-refractivity contribution >= 4 is 22.8 Å². The van der Waals surface area contributed by atoms with E-state index in [9.17, 15) is 9.59 Å². The molecule has 0 spiro atoms. The summed E-state index contributed by atoms with van der Waals surface area (Å²) in [6.07, 6.45) is 6.76. The summed E-state index contributed by atoms with van der Waals surface area (Å²) < 4.78 is 1.93. The molecule has 2 aromatic carbocycles. The maximum Gasteiger partial charge on any atom is 0.291 e. The third-order valence-electron chi connectivity index (χ3n) is 7.29. The van der Waals surface area contributed by atoms with Gasteiger partial charge in [-0.1, -0.05) is 67.6 Å². The van der Waals surface area contributed by atoms with Crippen molar-refractivity contribution in [3.63, 3.8) is 0 Å². The molecule has 5 rings (SSSR count). The number of carbonyl (C=O) groups excluding carboxylic acids is 2. The summed E-state index contributed by atoms with van der Waals surface area (Å²) in [5.74, 6) is 0.137. The molecule has 6 nitrogen and oxygen atoms in total. The molecular formula is C27H32N4O2. The highest BCUT2D eigenvalue weighted by Gasteiger charge is 2.48. The van der Waals surface area contributed by atoms with Crippen LogP contribution in [0.25, 0.3) is 11.0 Å². The first kappa shape index (κ1) is 21.7. The minimum absolute atomic E-state index is 0.0710. The molecule has 0 saturated heterocycles. The lowest BCUT2D eigenvalue weighted by Crippen LogP contribution is -2.64. The second-order valence-corrected chi connectivity index (χ2v) is 9.82. The zero-order valence-corrected chi connectivity index (χ0v) is 19.5. The minimum atomic E-state index is -1.01. The fourth-order valence-corrected chi connectivity index (χ4v) is 5.22. The van der Waals surface area contributed by atoms with E-state index in [1.54, 1.807) is 4.90 Å². The van der Waals surface area contributed by atoms with Gasteiger partial charge in [-0.3, -0.25) is 9.59 Å². The van der Waals surface area contributed by atoms with Crippen molar-refractivity contribution in [2.45, 2.75) is 77.0 Å². The summed E-state index contributed by atoms with van der Waals surface area (Å²) >= 11 is 0. The smallest absolute Gasteiger partial charge is 0.291 e. The Labute approximate surface area is 195 Å². The van der Waals surface area contributed by atoms with Gasteiger partial charge < -0.3 is 14.8 Å². The Kier molecular flexibility index (Phi) is 5.69. The fourth-order valence-electron chi connectivity index (χ4n) is 5.22. The lowest BCUT2D eigenvalue weighted by molar-refractivity contribution is -0.134. The number of nitrogens with zero attached hydrogens (tertiary/aromatic N) is 3. The van der Waals surface area contributed by atoms with Crippen LogP contribution in [-0.4, -0.2) is 37.8 Å². The van der Waals surface area contributed by atoms with E-state index in [-0.39, 0.29) is 17.9 Å². The predicted molar refractivity (Wildman–Crippen MR) is 129 cm³/mol. The fraction of sp³-hybridized carbons (Fsp3) is 0.444. The first-order valence-corrected chi connectivity index (χ1v) is 12.1. The number of imidazole rings is 1. The van der Waals surface area contributed by atoms with E-state index in [2.05, 4.69) is 10.3 Å². The number of fused-ring (bicyclic) bond motifs is 3. The van der Waals surface area contributed by atoms with E-state index >= 15 is 0 Å². The third-order valence-corrected chi connectivity index (χ3v) is 7.29. The molecule has 3 aromatic rings. The van der Waals surface area contributed by atoms with E-state index < -0.39 is 5.54 Å². The van der Waals surface area contributed by atoms with Crippen LogP contribution in [0.15, 0.2) is 48.5 Å². The first-order chi connectivity index (χ1) is 16.0. The van der Waals surface area contributed by atoms with E-state index in [0.717, 1.165) is 42.3 Å². The Hall–Kier alpha value is -3.15. The highest BCUT2D eigenvalue weighted by atomic mass is 16.2. The number of aryl methyl sites for hydroxylation is 1. The largest absolute Gasteiger partial charge is 0.351 e. The highest BCUT2D eigenvalue weighted by molar-refractivity contribution is 6.01. The molecule has 1 saturated carbocycles. The number of nitrogens with one attached hydrogen (secondary N) is 1. The minimum Gasteiger partial charge on any atom is -0.351 e. The zero-order chi connectivity index (χ0) is 23.0. The summed E-state index contributed by atoms with van der Waals surface area (Å²) in [5.41, 5.74) is 2.84. The third kappa shape index (κ3) is 4.03. The number of benzene rings is 2. The summed E-state index contributed by atoms with van der Waals surface area (Å²) in [4.78, 5) is 34.0. The summed E-state index contributed by atoms with van der Waals surface area (Å²) in [6.45, 7) is 4.71. The Bertz CT molecular complexity index is 1170. The molecule has 1 aliphatic heterocycles. The molecule has 1 aromatic heterocycles. The van der Waals surface area contributed by atoms with E-state index in [0.29, 0.717) is 18.9 Å². The molecule has 1 N–H and O–H groups in total. The van der Waals surface area contributed by atoms with Crippen LogP contribution in [0, 0.1) is 6.92 Å². The average molecular weight is 445 g/mol. The molecule has 33 heavy (non-hydrogen) atoms. The highest BCUT2D eigenvalue weighted by Crippen LogP contribution is 2.32. The Morgan fingerprint density at radius 2 is 1.76 bits per heavy atom. The van der Waals surface area contributed by atoms with Crippen LogP contribution >= 0.6 is 0 Å². The van der Waals surface area contributed by atoms with Crippen LogP contribution in [-0.2, 0) is 17.9 Å². The molecule has 172 valence electrons. The molecule has 1 aliphatic carbocycles. The van der Waals surface area contributed by atoms with Crippen molar-refractivity contribution in [1.82, 2.24) is 19.8 Å². The van der Waals surface area contributed by atoms with Gasteiger partial charge in [0.1, 0.15) is 5.54 Å². The van der Waals surface area contributed by atoms with Crippen molar-refractivity contribution in [3.05, 3.63) is 65.5 Å². The number of carbonyl (C=O) groups is 2. The van der Waals surface area contributed by atoms with Gasteiger partial charge in [-0.2, -0.15) is 0 Å². The number of aromatic nitrogens is 2. The maximum atomic E-state index is 13.8.